The first-order valence-corrected chi connectivity index (χ1v) is 3.15. The molecule has 0 amide bonds. The summed E-state index contributed by atoms with van der Waals surface area (Å²) < 4.78 is 4.56. The highest BCUT2D eigenvalue weighted by molar-refractivity contribution is 6.18. The smallest absolute Gasteiger partial charge is 0.302 e. The van der Waals surface area contributed by atoms with Gasteiger partial charge < -0.3 is 4.74 Å². The lowest BCUT2D eigenvalue weighted by atomic mass is 10.5. The van der Waals surface area contributed by atoms with E-state index in [9.17, 15) is 4.79 Å². The molecule has 52 valence electrons. The number of carbonyl (C=O) groups excluding carboxylic acids is 1. The van der Waals surface area contributed by atoms with Crippen LogP contribution >= 0.6 is 11.6 Å². The van der Waals surface area contributed by atoms with Crippen LogP contribution in [0.3, 0.4) is 0 Å². The van der Waals surface area contributed by atoms with Crippen LogP contribution in [-0.2, 0) is 9.53 Å². The summed E-state index contributed by atoms with van der Waals surface area (Å²) in [4.78, 5) is 10.1. The lowest BCUT2D eigenvalue weighted by Crippen LogP contribution is -1.97. The molecule has 0 aromatic heterocycles. The van der Waals surface area contributed by atoms with Gasteiger partial charge in [-0.1, -0.05) is 12.2 Å². The number of hydrogen-bond acceptors (Lipinski definition) is 2. The third-order valence-corrected chi connectivity index (χ3v) is 0.817. The first-order valence-electron chi connectivity index (χ1n) is 2.61. The second-order valence-corrected chi connectivity index (χ2v) is 1.74. The Morgan fingerprint density at radius 1 is 1.67 bits per heavy atom. The normalized spacial score (nSPS) is 10.0. The summed E-state index contributed by atoms with van der Waals surface area (Å²) >= 11 is 5.29. The number of hydrogen-bond donors (Lipinski definition) is 0. The Hall–Kier alpha value is -0.500. The molecule has 0 radical (unpaired) electrons. The fourth-order valence-electron chi connectivity index (χ4n) is 0.297. The van der Waals surface area contributed by atoms with Gasteiger partial charge in [0.1, 0.15) is 6.61 Å². The zero-order valence-electron chi connectivity index (χ0n) is 5.26. The fourth-order valence-corrected chi connectivity index (χ4v) is 0.422. The van der Waals surface area contributed by atoms with Crippen molar-refractivity contribution >= 4 is 17.6 Å². The molecule has 0 saturated carbocycles. The summed E-state index contributed by atoms with van der Waals surface area (Å²) in [5, 5.41) is 0. The van der Waals surface area contributed by atoms with Crippen molar-refractivity contribution in [1.82, 2.24) is 0 Å². The third kappa shape index (κ3) is 7.50. The largest absolute Gasteiger partial charge is 0.462 e. The molecule has 0 spiro atoms. The lowest BCUT2D eigenvalue weighted by Gasteiger charge is -1.92. The number of ether oxygens (including phenoxy) is 1. The number of halogens is 1. The van der Waals surface area contributed by atoms with Crippen LogP contribution in [0.25, 0.3) is 0 Å². The number of allylic oxidation sites excluding steroid dienone is 1. The highest BCUT2D eigenvalue weighted by Crippen LogP contribution is 1.80. The summed E-state index contributed by atoms with van der Waals surface area (Å²) in [5.41, 5.74) is 0. The average molecular weight is 149 g/mol. The molecule has 0 aromatic rings. The van der Waals surface area contributed by atoms with Crippen LogP contribution in [0.2, 0.25) is 0 Å². The van der Waals surface area contributed by atoms with Gasteiger partial charge in [-0.3, -0.25) is 4.79 Å². The third-order valence-electron chi connectivity index (χ3n) is 0.639. The Kier molecular flexibility index (Phi) is 5.32. The van der Waals surface area contributed by atoms with Crippen LogP contribution in [0.4, 0.5) is 0 Å². The van der Waals surface area contributed by atoms with Gasteiger partial charge in [-0.2, -0.15) is 0 Å². The van der Waals surface area contributed by atoms with E-state index in [0.29, 0.717) is 12.5 Å². The van der Waals surface area contributed by atoms with E-state index in [-0.39, 0.29) is 5.97 Å². The zero-order chi connectivity index (χ0) is 7.11. The second kappa shape index (κ2) is 5.63. The SMILES string of the molecule is CC(=O)OC/C=C\CCl. The number of carbonyl (C=O) groups is 1. The number of esters is 1. The van der Waals surface area contributed by atoms with Gasteiger partial charge in [-0.25, -0.2) is 0 Å². The number of alkyl halides is 1. The molecule has 3 heteroatoms. The standard InChI is InChI=1S/C6H9ClO2/c1-6(8)9-5-3-2-4-7/h2-3H,4-5H2,1H3/b3-2-. The Morgan fingerprint density at radius 3 is 2.78 bits per heavy atom. The molecule has 9 heavy (non-hydrogen) atoms. The van der Waals surface area contributed by atoms with E-state index in [0.717, 1.165) is 0 Å². The minimum Gasteiger partial charge on any atom is -0.462 e. The molecule has 0 bridgehead atoms. The summed E-state index contributed by atoms with van der Waals surface area (Å²) in [6, 6.07) is 0. The van der Waals surface area contributed by atoms with Crippen molar-refractivity contribution in [1.29, 1.82) is 0 Å². The molecule has 0 unspecified atom stereocenters. The molecule has 0 heterocycles. The van der Waals surface area contributed by atoms with Crippen LogP contribution in [0.1, 0.15) is 6.92 Å². The van der Waals surface area contributed by atoms with Gasteiger partial charge in [-0.05, 0) is 0 Å². The summed E-state index contributed by atoms with van der Waals surface area (Å²) in [6.07, 6.45) is 3.43. The Balaban J connectivity index is 3.09. The second-order valence-electron chi connectivity index (χ2n) is 1.43. The Bertz CT molecular complexity index is 110. The predicted octanol–water partition coefficient (Wildman–Crippen LogP) is 1.34. The van der Waals surface area contributed by atoms with Crippen LogP contribution in [0, 0.1) is 0 Å². The lowest BCUT2D eigenvalue weighted by molar-refractivity contribution is -0.139. The quantitative estimate of drug-likeness (QED) is 0.343. The molecular weight excluding hydrogens is 140 g/mol. The molecule has 0 rings (SSSR count). The van der Waals surface area contributed by atoms with Crippen molar-refractivity contribution in [3.8, 4) is 0 Å². The molecule has 0 atom stereocenters. The molecule has 0 N–H and O–H groups in total. The highest BCUT2D eigenvalue weighted by Gasteiger charge is 1.84. The maximum Gasteiger partial charge on any atom is 0.302 e. The van der Waals surface area contributed by atoms with E-state index in [4.69, 9.17) is 11.6 Å². The molecule has 0 fully saturated rings. The Labute approximate surface area is 59.5 Å². The van der Waals surface area contributed by atoms with Crippen molar-refractivity contribution in [3.05, 3.63) is 12.2 Å². The molecule has 2 nitrogen and oxygen atoms in total. The molecule has 0 aliphatic carbocycles. The van der Waals surface area contributed by atoms with Gasteiger partial charge in [0.05, 0.1) is 0 Å². The van der Waals surface area contributed by atoms with Crippen LogP contribution in [0.15, 0.2) is 12.2 Å². The molecule has 0 saturated heterocycles. The monoisotopic (exact) mass is 148 g/mol. The first kappa shape index (κ1) is 8.50. The predicted molar refractivity (Wildman–Crippen MR) is 36.5 cm³/mol. The van der Waals surface area contributed by atoms with E-state index in [1.807, 2.05) is 0 Å². The minimum atomic E-state index is -0.269. The van der Waals surface area contributed by atoms with Gasteiger partial charge >= 0.3 is 5.97 Å². The molecular formula is C6H9ClO2. The summed E-state index contributed by atoms with van der Waals surface area (Å²) in [6.45, 7) is 1.69. The van der Waals surface area contributed by atoms with Crippen molar-refractivity contribution in [3.63, 3.8) is 0 Å². The highest BCUT2D eigenvalue weighted by atomic mass is 35.5. The van der Waals surface area contributed by atoms with Gasteiger partial charge in [0.25, 0.3) is 0 Å². The van der Waals surface area contributed by atoms with Crippen LogP contribution in [-0.4, -0.2) is 18.5 Å². The molecule has 0 aliphatic heterocycles. The van der Waals surface area contributed by atoms with Gasteiger partial charge in [0.2, 0.25) is 0 Å². The van der Waals surface area contributed by atoms with E-state index in [2.05, 4.69) is 4.74 Å². The Morgan fingerprint density at radius 2 is 2.33 bits per heavy atom. The van der Waals surface area contributed by atoms with Crippen LogP contribution in [0.5, 0.6) is 0 Å². The average Bonchev–Trinajstić information content (AvgIpc) is 1.80. The topological polar surface area (TPSA) is 26.3 Å². The van der Waals surface area contributed by atoms with E-state index >= 15 is 0 Å². The minimum absolute atomic E-state index is 0.269. The first-order chi connectivity index (χ1) is 4.27. The van der Waals surface area contributed by atoms with E-state index in [1.54, 1.807) is 12.2 Å². The zero-order valence-corrected chi connectivity index (χ0v) is 6.02. The molecule has 0 aliphatic rings. The summed E-state index contributed by atoms with van der Waals surface area (Å²) in [5.74, 6) is 0.190. The van der Waals surface area contributed by atoms with Gasteiger partial charge in [-0.15, -0.1) is 11.6 Å². The van der Waals surface area contributed by atoms with Crippen molar-refractivity contribution in [2.45, 2.75) is 6.92 Å². The van der Waals surface area contributed by atoms with Crippen LogP contribution < -0.4 is 0 Å². The van der Waals surface area contributed by atoms with Crippen molar-refractivity contribution in [2.75, 3.05) is 12.5 Å². The van der Waals surface area contributed by atoms with Gasteiger partial charge in [0, 0.05) is 12.8 Å². The van der Waals surface area contributed by atoms with Crippen molar-refractivity contribution in [2.24, 2.45) is 0 Å². The van der Waals surface area contributed by atoms with Crippen molar-refractivity contribution < 1.29 is 9.53 Å². The van der Waals surface area contributed by atoms with E-state index in [1.165, 1.54) is 6.92 Å². The van der Waals surface area contributed by atoms with E-state index < -0.39 is 0 Å². The number of rotatable bonds is 3. The molecule has 0 aromatic carbocycles. The van der Waals surface area contributed by atoms with Gasteiger partial charge in [0.15, 0.2) is 0 Å². The summed E-state index contributed by atoms with van der Waals surface area (Å²) in [7, 11) is 0. The fraction of sp³-hybridized carbons (Fsp3) is 0.500. The maximum absolute atomic E-state index is 10.1. The maximum atomic E-state index is 10.1.